The maximum absolute atomic E-state index is 12.4. The lowest BCUT2D eigenvalue weighted by Gasteiger charge is -2.42. The molecule has 0 radical (unpaired) electrons. The van der Waals surface area contributed by atoms with E-state index in [0.29, 0.717) is 23.2 Å². The highest BCUT2D eigenvalue weighted by molar-refractivity contribution is 6.30. The van der Waals surface area contributed by atoms with Crippen LogP contribution in [-0.4, -0.2) is 76.8 Å². The summed E-state index contributed by atoms with van der Waals surface area (Å²) in [5, 5.41) is 9.91. The SMILES string of the molecule is CC(C)(C)OC(=O)N1CCC(N2CCN(c3nccc(COc4ccc(C(C)(C)c5cc(Cl)cc(C#N)c5)cc4)n3)CC2)CC1. The molecule has 5 rings (SSSR count). The monoisotopic (exact) mass is 630 g/mol. The molecule has 2 aliphatic heterocycles. The first-order valence-corrected chi connectivity index (χ1v) is 16.0. The van der Waals surface area contributed by atoms with Crippen LogP contribution in [0.3, 0.4) is 0 Å². The minimum Gasteiger partial charge on any atom is -0.487 e. The fourth-order valence-corrected chi connectivity index (χ4v) is 6.19. The van der Waals surface area contributed by atoms with E-state index in [4.69, 9.17) is 26.1 Å². The van der Waals surface area contributed by atoms with Crippen LogP contribution in [0.5, 0.6) is 5.75 Å². The minimum atomic E-state index is -0.469. The van der Waals surface area contributed by atoms with Gasteiger partial charge in [-0.25, -0.2) is 14.8 Å². The molecule has 1 amide bonds. The molecule has 0 N–H and O–H groups in total. The number of anilines is 1. The highest BCUT2D eigenvalue weighted by Crippen LogP contribution is 2.34. The van der Waals surface area contributed by atoms with Crippen molar-refractivity contribution in [2.24, 2.45) is 0 Å². The molecule has 0 aliphatic carbocycles. The highest BCUT2D eigenvalue weighted by atomic mass is 35.5. The van der Waals surface area contributed by atoms with Gasteiger partial charge in [-0.15, -0.1) is 0 Å². The molecule has 2 aromatic carbocycles. The number of likely N-dealkylation sites (tertiary alicyclic amines) is 1. The lowest BCUT2D eigenvalue weighted by molar-refractivity contribution is 0.0139. The number of aromatic nitrogens is 2. The summed E-state index contributed by atoms with van der Waals surface area (Å²) in [4.78, 5) is 28.4. The average molecular weight is 631 g/mol. The normalized spacial score (nSPS) is 16.7. The third kappa shape index (κ3) is 8.24. The Morgan fingerprint density at radius 1 is 0.956 bits per heavy atom. The summed E-state index contributed by atoms with van der Waals surface area (Å²) in [6.45, 7) is 15.4. The van der Waals surface area contributed by atoms with Gasteiger partial charge in [0.2, 0.25) is 5.95 Å². The number of nitrogens with zero attached hydrogens (tertiary/aromatic N) is 6. The summed E-state index contributed by atoms with van der Waals surface area (Å²) in [6, 6.07) is 18.1. The summed E-state index contributed by atoms with van der Waals surface area (Å²) < 4.78 is 11.6. The number of hydrogen-bond acceptors (Lipinski definition) is 8. The largest absolute Gasteiger partial charge is 0.487 e. The maximum atomic E-state index is 12.4. The predicted molar refractivity (Wildman–Crippen MR) is 176 cm³/mol. The topological polar surface area (TPSA) is 94.8 Å². The highest BCUT2D eigenvalue weighted by Gasteiger charge is 2.31. The Morgan fingerprint density at radius 2 is 1.64 bits per heavy atom. The van der Waals surface area contributed by atoms with Crippen molar-refractivity contribution in [2.45, 2.75) is 71.1 Å². The number of halogens is 1. The van der Waals surface area contributed by atoms with Crippen LogP contribution in [0.25, 0.3) is 0 Å². The lowest BCUT2D eigenvalue weighted by atomic mass is 9.78. The Hall–Kier alpha value is -3.87. The fourth-order valence-electron chi connectivity index (χ4n) is 5.95. The molecule has 9 nitrogen and oxygen atoms in total. The second kappa shape index (κ2) is 13.6. The van der Waals surface area contributed by atoms with E-state index in [1.54, 1.807) is 12.3 Å². The number of benzene rings is 2. The Balaban J connectivity index is 1.11. The zero-order valence-electron chi connectivity index (χ0n) is 26.9. The van der Waals surface area contributed by atoms with E-state index in [2.05, 4.69) is 46.8 Å². The first-order valence-electron chi connectivity index (χ1n) is 15.6. The summed E-state index contributed by atoms with van der Waals surface area (Å²) in [6.07, 6.45) is 3.51. The van der Waals surface area contributed by atoms with E-state index in [9.17, 15) is 10.1 Å². The first-order chi connectivity index (χ1) is 21.4. The Kier molecular flexibility index (Phi) is 9.85. The second-order valence-electron chi connectivity index (χ2n) is 13.3. The Labute approximate surface area is 271 Å². The number of amides is 1. The number of carbonyl (C=O) groups is 1. The van der Waals surface area contributed by atoms with Crippen molar-refractivity contribution in [1.29, 1.82) is 5.26 Å². The molecule has 10 heteroatoms. The molecular weight excluding hydrogens is 588 g/mol. The van der Waals surface area contributed by atoms with E-state index < -0.39 is 5.60 Å². The van der Waals surface area contributed by atoms with Gasteiger partial charge in [0, 0.05) is 61.9 Å². The molecular formula is C35H43ClN6O3. The number of piperidine rings is 1. The number of rotatable bonds is 7. The molecule has 3 heterocycles. The summed E-state index contributed by atoms with van der Waals surface area (Å²) in [5.41, 5.74) is 2.65. The molecule has 3 aromatic rings. The summed E-state index contributed by atoms with van der Waals surface area (Å²) in [7, 11) is 0. The molecule has 2 aliphatic rings. The van der Waals surface area contributed by atoms with Gasteiger partial charge in [0.25, 0.3) is 0 Å². The molecule has 2 saturated heterocycles. The van der Waals surface area contributed by atoms with Crippen LogP contribution in [-0.2, 0) is 16.8 Å². The van der Waals surface area contributed by atoms with Crippen molar-refractivity contribution in [3.8, 4) is 11.8 Å². The van der Waals surface area contributed by atoms with Crippen LogP contribution in [0.2, 0.25) is 5.02 Å². The number of carbonyl (C=O) groups excluding carboxylic acids is 1. The van der Waals surface area contributed by atoms with Gasteiger partial charge in [-0.2, -0.15) is 5.26 Å². The van der Waals surface area contributed by atoms with Crippen LogP contribution in [0.1, 0.15) is 69.8 Å². The van der Waals surface area contributed by atoms with Crippen LogP contribution in [0.15, 0.2) is 54.7 Å². The van der Waals surface area contributed by atoms with Gasteiger partial charge >= 0.3 is 6.09 Å². The van der Waals surface area contributed by atoms with E-state index in [1.165, 1.54) is 0 Å². The molecule has 238 valence electrons. The molecule has 0 bridgehead atoms. The van der Waals surface area contributed by atoms with Gasteiger partial charge < -0.3 is 19.3 Å². The average Bonchev–Trinajstić information content (AvgIpc) is 3.03. The standard InChI is InChI=1S/C35H43ClN6O3/c1-34(2,3)45-33(43)42-14-11-30(12-15-42)40-16-18-41(19-17-40)32-38-13-10-29(39-32)24-44-31-8-6-26(7-9-31)35(4,5)27-20-25(23-37)21-28(36)22-27/h6-10,13,20-22,30H,11-12,14-19,24H2,1-5H3. The second-order valence-corrected chi connectivity index (χ2v) is 13.8. The van der Waals surface area contributed by atoms with Gasteiger partial charge in [0.05, 0.1) is 17.3 Å². The molecule has 0 spiro atoms. The molecule has 0 saturated carbocycles. The fraction of sp³-hybridized carbons (Fsp3) is 0.486. The van der Waals surface area contributed by atoms with Gasteiger partial charge in [-0.3, -0.25) is 4.90 Å². The van der Waals surface area contributed by atoms with Crippen LogP contribution in [0, 0.1) is 11.3 Å². The number of ether oxygens (including phenoxy) is 2. The molecule has 0 atom stereocenters. The third-order valence-electron chi connectivity index (χ3n) is 8.64. The molecule has 2 fully saturated rings. The van der Waals surface area contributed by atoms with Gasteiger partial charge in [0.1, 0.15) is 18.0 Å². The lowest BCUT2D eigenvalue weighted by Crippen LogP contribution is -2.54. The van der Waals surface area contributed by atoms with E-state index in [0.717, 1.165) is 80.6 Å². The van der Waals surface area contributed by atoms with Crippen molar-refractivity contribution in [1.82, 2.24) is 19.8 Å². The third-order valence-corrected chi connectivity index (χ3v) is 8.86. The molecule has 0 unspecified atom stereocenters. The van der Waals surface area contributed by atoms with Crippen LogP contribution >= 0.6 is 11.6 Å². The summed E-state index contributed by atoms with van der Waals surface area (Å²) in [5.74, 6) is 1.48. The number of piperazine rings is 1. The van der Waals surface area contributed by atoms with Crippen molar-refractivity contribution < 1.29 is 14.3 Å². The smallest absolute Gasteiger partial charge is 0.410 e. The number of hydrogen-bond donors (Lipinski definition) is 0. The first kappa shape index (κ1) is 32.5. The molecule has 45 heavy (non-hydrogen) atoms. The van der Waals surface area contributed by atoms with E-state index in [1.807, 2.05) is 56.0 Å². The van der Waals surface area contributed by atoms with E-state index >= 15 is 0 Å². The Morgan fingerprint density at radius 3 is 2.29 bits per heavy atom. The van der Waals surface area contributed by atoms with Crippen molar-refractivity contribution in [3.05, 3.63) is 82.1 Å². The maximum Gasteiger partial charge on any atom is 0.410 e. The molecule has 1 aromatic heterocycles. The quantitative estimate of drug-likeness (QED) is 0.295. The van der Waals surface area contributed by atoms with E-state index in [-0.39, 0.29) is 11.5 Å². The van der Waals surface area contributed by atoms with Gasteiger partial charge in [0.15, 0.2) is 0 Å². The van der Waals surface area contributed by atoms with Crippen LogP contribution < -0.4 is 9.64 Å². The van der Waals surface area contributed by atoms with Crippen molar-refractivity contribution in [2.75, 3.05) is 44.2 Å². The predicted octanol–water partition coefficient (Wildman–Crippen LogP) is 6.43. The zero-order chi connectivity index (χ0) is 32.2. The van der Waals surface area contributed by atoms with Gasteiger partial charge in [-0.05, 0) is 81.1 Å². The Bertz CT molecular complexity index is 1520. The minimum absolute atomic E-state index is 0.211. The van der Waals surface area contributed by atoms with Crippen LogP contribution in [0.4, 0.5) is 10.7 Å². The number of nitriles is 1. The van der Waals surface area contributed by atoms with Crippen molar-refractivity contribution in [3.63, 3.8) is 0 Å². The van der Waals surface area contributed by atoms with Crippen molar-refractivity contribution >= 4 is 23.6 Å². The summed E-state index contributed by atoms with van der Waals surface area (Å²) >= 11 is 6.27. The zero-order valence-corrected chi connectivity index (χ0v) is 27.7. The van der Waals surface area contributed by atoms with Gasteiger partial charge in [-0.1, -0.05) is 37.6 Å².